The van der Waals surface area contributed by atoms with Crippen LogP contribution in [0.2, 0.25) is 0 Å². The minimum absolute atomic E-state index is 0.0508. The summed E-state index contributed by atoms with van der Waals surface area (Å²) in [4.78, 5) is 16.7. The Morgan fingerprint density at radius 2 is 1.85 bits per heavy atom. The van der Waals surface area contributed by atoms with Crippen LogP contribution in [0, 0.1) is 0 Å². The van der Waals surface area contributed by atoms with E-state index >= 15 is 0 Å². The predicted octanol–water partition coefficient (Wildman–Crippen LogP) is 4.57. The summed E-state index contributed by atoms with van der Waals surface area (Å²) in [5, 5.41) is 8.68. The van der Waals surface area contributed by atoms with E-state index in [1.807, 2.05) is 42.1 Å². The number of benzene rings is 2. The molecule has 2 heterocycles. The van der Waals surface area contributed by atoms with E-state index in [4.69, 9.17) is 9.47 Å². The first kappa shape index (κ1) is 23.8. The number of carbonyl (C=O) groups is 1. The quantitative estimate of drug-likeness (QED) is 0.338. The van der Waals surface area contributed by atoms with Gasteiger partial charge in [-0.1, -0.05) is 30.3 Å². The summed E-state index contributed by atoms with van der Waals surface area (Å²) in [6.07, 6.45) is 0.887. The second kappa shape index (κ2) is 10.7. The minimum atomic E-state index is -0.0508. The van der Waals surface area contributed by atoms with Gasteiger partial charge in [0.25, 0.3) is 5.91 Å². The maximum absolute atomic E-state index is 12.8. The van der Waals surface area contributed by atoms with E-state index in [1.165, 1.54) is 16.9 Å². The number of carbonyl (C=O) groups excluding carboxylic acids is 1. The second-order valence-corrected chi connectivity index (χ2v) is 9.23. The largest absolute Gasteiger partial charge is 0.493 e. The van der Waals surface area contributed by atoms with Crippen LogP contribution < -0.4 is 14.8 Å². The van der Waals surface area contributed by atoms with Gasteiger partial charge in [0.15, 0.2) is 11.5 Å². The smallest absolute Gasteiger partial charge is 0.261 e. The van der Waals surface area contributed by atoms with E-state index in [9.17, 15) is 4.79 Å². The van der Waals surface area contributed by atoms with Crippen LogP contribution in [-0.4, -0.2) is 54.9 Å². The number of hydrogen-bond donors (Lipinski definition) is 1. The van der Waals surface area contributed by atoms with Crippen LogP contribution in [0.4, 0.5) is 0 Å². The number of rotatable bonds is 10. The van der Waals surface area contributed by atoms with Crippen molar-refractivity contribution >= 4 is 27.5 Å². The molecule has 1 N–H and O–H groups in total. The third-order valence-corrected chi connectivity index (χ3v) is 6.89. The summed E-state index contributed by atoms with van der Waals surface area (Å²) in [6.45, 7) is 2.44. The molecule has 178 valence electrons. The van der Waals surface area contributed by atoms with Crippen LogP contribution in [0.1, 0.15) is 21.7 Å². The van der Waals surface area contributed by atoms with Crippen molar-refractivity contribution in [1.29, 1.82) is 0 Å². The minimum Gasteiger partial charge on any atom is -0.493 e. The van der Waals surface area contributed by atoms with Gasteiger partial charge >= 0.3 is 0 Å². The molecule has 0 aliphatic heterocycles. The average molecular weight is 479 g/mol. The van der Waals surface area contributed by atoms with E-state index < -0.39 is 0 Å². The van der Waals surface area contributed by atoms with Gasteiger partial charge in [-0.25, -0.2) is 0 Å². The number of fused-ring (bicyclic) bond motifs is 1. The molecule has 34 heavy (non-hydrogen) atoms. The molecule has 0 fully saturated rings. The lowest BCUT2D eigenvalue weighted by Gasteiger charge is -2.16. The molecular formula is C26H30N4O3S. The van der Waals surface area contributed by atoms with E-state index in [2.05, 4.69) is 46.6 Å². The highest BCUT2D eigenvalue weighted by Gasteiger charge is 2.19. The maximum Gasteiger partial charge on any atom is 0.261 e. The van der Waals surface area contributed by atoms with Crippen LogP contribution in [0.15, 0.2) is 54.6 Å². The number of thiophene rings is 1. The molecule has 0 bridgehead atoms. The molecule has 2 aromatic heterocycles. The molecule has 1 amide bonds. The topological polar surface area (TPSA) is 68.6 Å². The van der Waals surface area contributed by atoms with Gasteiger partial charge in [0.05, 0.1) is 19.1 Å². The zero-order valence-electron chi connectivity index (χ0n) is 20.0. The fraction of sp³-hybridized carbons (Fsp3) is 0.308. The molecule has 0 atom stereocenters. The normalized spacial score (nSPS) is 11.2. The molecule has 0 saturated heterocycles. The molecule has 0 radical (unpaired) electrons. The van der Waals surface area contributed by atoms with Crippen molar-refractivity contribution < 1.29 is 14.3 Å². The number of aryl methyl sites for hydroxylation is 1. The van der Waals surface area contributed by atoms with Gasteiger partial charge in [-0.15, -0.1) is 11.3 Å². The first-order valence-electron chi connectivity index (χ1n) is 11.2. The Hall–Kier alpha value is -3.36. The Morgan fingerprint density at radius 3 is 2.59 bits per heavy atom. The van der Waals surface area contributed by atoms with Gasteiger partial charge in [-0.2, -0.15) is 5.10 Å². The van der Waals surface area contributed by atoms with Crippen molar-refractivity contribution in [3.8, 4) is 22.8 Å². The van der Waals surface area contributed by atoms with Gasteiger partial charge in [-0.3, -0.25) is 9.48 Å². The van der Waals surface area contributed by atoms with Crippen LogP contribution in [0.5, 0.6) is 11.5 Å². The van der Waals surface area contributed by atoms with Crippen molar-refractivity contribution in [2.75, 3.05) is 34.4 Å². The van der Waals surface area contributed by atoms with Crippen molar-refractivity contribution in [2.45, 2.75) is 13.0 Å². The molecule has 0 aliphatic rings. The summed E-state index contributed by atoms with van der Waals surface area (Å²) in [6, 6.07) is 18.0. The number of hydrogen-bond acceptors (Lipinski definition) is 6. The molecule has 4 aromatic rings. The van der Waals surface area contributed by atoms with E-state index in [0.717, 1.165) is 41.0 Å². The monoisotopic (exact) mass is 478 g/mol. The third kappa shape index (κ3) is 5.24. The van der Waals surface area contributed by atoms with Crippen molar-refractivity contribution in [3.05, 3.63) is 65.0 Å². The summed E-state index contributed by atoms with van der Waals surface area (Å²) < 4.78 is 12.6. The zero-order valence-corrected chi connectivity index (χ0v) is 20.8. The first-order valence-corrected chi connectivity index (χ1v) is 12.0. The molecule has 4 rings (SSSR count). The van der Waals surface area contributed by atoms with Crippen LogP contribution in [-0.2, 0) is 13.6 Å². The highest BCUT2D eigenvalue weighted by atomic mass is 32.1. The lowest BCUT2D eigenvalue weighted by atomic mass is 10.1. The maximum atomic E-state index is 12.8. The van der Waals surface area contributed by atoms with Crippen LogP contribution >= 0.6 is 11.3 Å². The molecule has 2 aromatic carbocycles. The predicted molar refractivity (Wildman–Crippen MR) is 137 cm³/mol. The van der Waals surface area contributed by atoms with Gasteiger partial charge in [-0.05, 0) is 49.8 Å². The van der Waals surface area contributed by atoms with Crippen molar-refractivity contribution in [2.24, 2.45) is 7.05 Å². The van der Waals surface area contributed by atoms with Crippen molar-refractivity contribution in [3.63, 3.8) is 0 Å². The molecule has 0 aliphatic carbocycles. The average Bonchev–Trinajstić information content (AvgIpc) is 3.42. The fourth-order valence-electron chi connectivity index (χ4n) is 3.96. The molecular weight excluding hydrogens is 448 g/mol. The highest BCUT2D eigenvalue weighted by molar-refractivity contribution is 7.20. The Morgan fingerprint density at radius 1 is 1.09 bits per heavy atom. The highest BCUT2D eigenvalue weighted by Crippen LogP contribution is 2.37. The summed E-state index contributed by atoms with van der Waals surface area (Å²) in [5.74, 6) is 1.26. The van der Waals surface area contributed by atoms with E-state index in [-0.39, 0.29) is 5.91 Å². The number of ether oxygens (including phenoxy) is 2. The van der Waals surface area contributed by atoms with Crippen molar-refractivity contribution in [1.82, 2.24) is 20.0 Å². The lowest BCUT2D eigenvalue weighted by molar-refractivity contribution is 0.0956. The molecule has 0 saturated carbocycles. The van der Waals surface area contributed by atoms with Gasteiger partial charge in [0.1, 0.15) is 10.5 Å². The van der Waals surface area contributed by atoms with Gasteiger partial charge < -0.3 is 19.7 Å². The summed E-state index contributed by atoms with van der Waals surface area (Å²) >= 11 is 1.45. The second-order valence-electron chi connectivity index (χ2n) is 8.20. The lowest BCUT2D eigenvalue weighted by Crippen LogP contribution is -2.27. The summed E-state index contributed by atoms with van der Waals surface area (Å²) in [5.41, 5.74) is 3.02. The molecule has 0 spiro atoms. The Labute approximate surface area is 203 Å². The SMILES string of the molecule is COc1ccc(-c2nn(C)c3sc(C(=O)NCCCN(C)Cc4ccccc4)cc23)cc1OC. The van der Waals surface area contributed by atoms with E-state index in [0.29, 0.717) is 22.9 Å². The molecule has 7 nitrogen and oxygen atoms in total. The Bertz CT molecular complexity index is 1270. The van der Waals surface area contributed by atoms with Crippen LogP contribution in [0.3, 0.4) is 0 Å². The van der Waals surface area contributed by atoms with Gasteiger partial charge in [0, 0.05) is 31.1 Å². The molecule has 0 unspecified atom stereocenters. The number of aromatic nitrogens is 2. The summed E-state index contributed by atoms with van der Waals surface area (Å²) in [7, 11) is 7.22. The first-order chi connectivity index (χ1) is 16.5. The van der Waals surface area contributed by atoms with E-state index in [1.54, 1.807) is 14.2 Å². The van der Waals surface area contributed by atoms with Gasteiger partial charge in [0.2, 0.25) is 0 Å². The standard InChI is InChI=1S/C26H30N4O3S/c1-29(17-18-9-6-5-7-10-18)14-8-13-27-25(31)23-16-20-24(28-30(2)26(20)34-23)19-11-12-21(32-3)22(15-19)33-4/h5-7,9-12,15-16H,8,13-14,17H2,1-4H3,(H,27,31). The Kier molecular flexibility index (Phi) is 7.49. The number of amides is 1. The fourth-order valence-corrected chi connectivity index (χ4v) is 4.95. The molecule has 8 heteroatoms. The third-order valence-electron chi connectivity index (χ3n) is 5.69. The number of nitrogens with one attached hydrogen (secondary N) is 1. The number of methoxy groups -OCH3 is 2. The zero-order chi connectivity index (χ0) is 24.1. The Balaban J connectivity index is 1.39. The van der Waals surface area contributed by atoms with Crippen LogP contribution in [0.25, 0.3) is 21.5 Å². The number of nitrogens with zero attached hydrogens (tertiary/aromatic N) is 3.